The molecule has 0 radical (unpaired) electrons. The molecule has 0 aromatic heterocycles. The largest absolute Gasteiger partial charge is 0.309 e. The van der Waals surface area contributed by atoms with E-state index < -0.39 is 0 Å². The number of benzene rings is 1. The van der Waals surface area contributed by atoms with Gasteiger partial charge in [-0.15, -0.1) is 6.58 Å². The van der Waals surface area contributed by atoms with Crippen LogP contribution in [0.5, 0.6) is 0 Å². The molecule has 0 spiro atoms. The van der Waals surface area contributed by atoms with Crippen molar-refractivity contribution in [1.29, 1.82) is 0 Å². The molecule has 1 atom stereocenters. The molecule has 1 unspecified atom stereocenters. The summed E-state index contributed by atoms with van der Waals surface area (Å²) in [6.45, 7) is 4.66. The van der Waals surface area contributed by atoms with Crippen LogP contribution in [-0.2, 0) is 0 Å². The van der Waals surface area contributed by atoms with Crippen molar-refractivity contribution in [2.45, 2.75) is 25.3 Å². The first kappa shape index (κ1) is 11.3. The topological polar surface area (TPSA) is 12.0 Å². The van der Waals surface area contributed by atoms with E-state index in [1.807, 2.05) is 18.2 Å². The van der Waals surface area contributed by atoms with E-state index in [1.165, 1.54) is 18.4 Å². The van der Waals surface area contributed by atoms with Crippen molar-refractivity contribution < 1.29 is 4.39 Å². The first-order chi connectivity index (χ1) is 7.81. The number of halogens is 1. The molecule has 1 fully saturated rings. The Labute approximate surface area is 96.4 Å². The van der Waals surface area contributed by atoms with Gasteiger partial charge in [0.25, 0.3) is 0 Å². The summed E-state index contributed by atoms with van der Waals surface area (Å²) in [5, 5.41) is 3.52. The van der Waals surface area contributed by atoms with E-state index in [0.29, 0.717) is 6.04 Å². The first-order valence-corrected chi connectivity index (χ1v) is 5.91. The molecule has 0 heterocycles. The lowest BCUT2D eigenvalue weighted by atomic mass is 10.0. The van der Waals surface area contributed by atoms with E-state index in [-0.39, 0.29) is 5.82 Å². The van der Waals surface area contributed by atoms with Crippen LogP contribution in [0.3, 0.4) is 0 Å². The van der Waals surface area contributed by atoms with Crippen LogP contribution in [-0.4, -0.2) is 6.54 Å². The second-order valence-electron chi connectivity index (χ2n) is 4.40. The van der Waals surface area contributed by atoms with Crippen molar-refractivity contribution >= 4 is 0 Å². The Bertz CT molecular complexity index is 340. The van der Waals surface area contributed by atoms with Crippen LogP contribution < -0.4 is 5.32 Å². The van der Waals surface area contributed by atoms with Gasteiger partial charge in [-0.05, 0) is 49.4 Å². The molecule has 1 aromatic carbocycles. The third-order valence-corrected chi connectivity index (χ3v) is 3.04. The van der Waals surface area contributed by atoms with Gasteiger partial charge in [-0.25, -0.2) is 4.39 Å². The Morgan fingerprint density at radius 2 is 2.06 bits per heavy atom. The minimum atomic E-state index is -0.163. The molecule has 0 aliphatic heterocycles. The molecule has 1 N–H and O–H groups in total. The molecule has 0 amide bonds. The zero-order valence-corrected chi connectivity index (χ0v) is 9.45. The fourth-order valence-electron chi connectivity index (χ4n) is 2.00. The minimum absolute atomic E-state index is 0.163. The zero-order chi connectivity index (χ0) is 11.4. The molecule has 1 saturated carbocycles. The van der Waals surface area contributed by atoms with E-state index in [0.717, 1.165) is 18.9 Å². The molecular weight excluding hydrogens is 201 g/mol. The second kappa shape index (κ2) is 5.26. The zero-order valence-electron chi connectivity index (χ0n) is 9.45. The first-order valence-electron chi connectivity index (χ1n) is 5.91. The van der Waals surface area contributed by atoms with Crippen LogP contribution >= 0.6 is 0 Å². The predicted molar refractivity (Wildman–Crippen MR) is 64.7 cm³/mol. The summed E-state index contributed by atoms with van der Waals surface area (Å²) in [6.07, 6.45) is 5.46. The lowest BCUT2D eigenvalue weighted by Crippen LogP contribution is -2.23. The molecule has 1 aliphatic carbocycles. The maximum Gasteiger partial charge on any atom is 0.123 e. The number of nitrogens with one attached hydrogen (secondary N) is 1. The van der Waals surface area contributed by atoms with Gasteiger partial charge in [0, 0.05) is 6.04 Å². The Kier molecular flexibility index (Phi) is 3.73. The number of hydrogen-bond donors (Lipinski definition) is 1. The van der Waals surface area contributed by atoms with E-state index in [4.69, 9.17) is 0 Å². The molecule has 86 valence electrons. The molecule has 1 nitrogen and oxygen atoms in total. The monoisotopic (exact) mass is 219 g/mol. The lowest BCUT2D eigenvalue weighted by molar-refractivity contribution is 0.486. The van der Waals surface area contributed by atoms with Gasteiger partial charge in [-0.1, -0.05) is 18.2 Å². The number of hydrogen-bond acceptors (Lipinski definition) is 1. The molecule has 16 heavy (non-hydrogen) atoms. The summed E-state index contributed by atoms with van der Waals surface area (Å²) in [5.41, 5.74) is 1.20. The van der Waals surface area contributed by atoms with Crippen LogP contribution in [0.15, 0.2) is 36.9 Å². The van der Waals surface area contributed by atoms with Gasteiger partial charge in [-0.2, -0.15) is 0 Å². The van der Waals surface area contributed by atoms with Crippen molar-refractivity contribution in [2.75, 3.05) is 6.54 Å². The maximum atomic E-state index is 12.8. The van der Waals surface area contributed by atoms with Crippen LogP contribution in [0.4, 0.5) is 4.39 Å². The molecule has 0 saturated heterocycles. The van der Waals surface area contributed by atoms with Crippen molar-refractivity contribution in [3.63, 3.8) is 0 Å². The standard InChI is InChI=1S/C14H18FN/c1-2-3-10-16-14(11-4-5-11)12-6-8-13(15)9-7-12/h2,6-9,11,14,16H,1,3-5,10H2. The van der Waals surface area contributed by atoms with Gasteiger partial charge < -0.3 is 5.32 Å². The highest BCUT2D eigenvalue weighted by Gasteiger charge is 2.31. The molecule has 1 aromatic rings. The molecule has 1 aliphatic rings. The van der Waals surface area contributed by atoms with Crippen molar-refractivity contribution in [2.24, 2.45) is 5.92 Å². The third-order valence-electron chi connectivity index (χ3n) is 3.04. The van der Waals surface area contributed by atoms with Gasteiger partial charge in [0.05, 0.1) is 0 Å². The summed E-state index contributed by atoms with van der Waals surface area (Å²) >= 11 is 0. The van der Waals surface area contributed by atoms with Gasteiger partial charge in [0.2, 0.25) is 0 Å². The smallest absolute Gasteiger partial charge is 0.123 e. The van der Waals surface area contributed by atoms with Crippen LogP contribution in [0, 0.1) is 11.7 Å². The van der Waals surface area contributed by atoms with Crippen LogP contribution in [0.2, 0.25) is 0 Å². The Balaban J connectivity index is 2.00. The summed E-state index contributed by atoms with van der Waals surface area (Å²) in [7, 11) is 0. The Hall–Kier alpha value is -1.15. The minimum Gasteiger partial charge on any atom is -0.309 e. The fraction of sp³-hybridized carbons (Fsp3) is 0.429. The summed E-state index contributed by atoms with van der Waals surface area (Å²) in [5.74, 6) is 0.569. The highest BCUT2D eigenvalue weighted by molar-refractivity contribution is 5.22. The summed E-state index contributed by atoms with van der Waals surface area (Å²) < 4.78 is 12.8. The SMILES string of the molecule is C=CCCNC(c1ccc(F)cc1)C1CC1. The third kappa shape index (κ3) is 2.92. The highest BCUT2D eigenvalue weighted by atomic mass is 19.1. The maximum absolute atomic E-state index is 12.8. The Morgan fingerprint density at radius 1 is 1.38 bits per heavy atom. The van der Waals surface area contributed by atoms with Crippen LogP contribution in [0.1, 0.15) is 30.9 Å². The van der Waals surface area contributed by atoms with E-state index >= 15 is 0 Å². The normalized spacial score (nSPS) is 17.1. The lowest BCUT2D eigenvalue weighted by Gasteiger charge is -2.18. The predicted octanol–water partition coefficient (Wildman–Crippen LogP) is 3.44. The van der Waals surface area contributed by atoms with Crippen LogP contribution in [0.25, 0.3) is 0 Å². The molecular formula is C14H18FN. The van der Waals surface area contributed by atoms with Crippen molar-refractivity contribution in [1.82, 2.24) is 5.32 Å². The molecule has 2 heteroatoms. The second-order valence-corrected chi connectivity index (χ2v) is 4.40. The fourth-order valence-corrected chi connectivity index (χ4v) is 2.00. The molecule has 2 rings (SSSR count). The van der Waals surface area contributed by atoms with Gasteiger partial charge in [-0.3, -0.25) is 0 Å². The van der Waals surface area contributed by atoms with E-state index in [2.05, 4.69) is 11.9 Å². The van der Waals surface area contributed by atoms with Crippen molar-refractivity contribution in [3.05, 3.63) is 48.3 Å². The van der Waals surface area contributed by atoms with Gasteiger partial charge >= 0.3 is 0 Å². The summed E-state index contributed by atoms with van der Waals surface area (Å²) in [4.78, 5) is 0. The molecule has 0 bridgehead atoms. The van der Waals surface area contributed by atoms with E-state index in [1.54, 1.807) is 12.1 Å². The van der Waals surface area contributed by atoms with Gasteiger partial charge in [0.15, 0.2) is 0 Å². The quantitative estimate of drug-likeness (QED) is 0.571. The number of rotatable bonds is 6. The average molecular weight is 219 g/mol. The Morgan fingerprint density at radius 3 is 2.62 bits per heavy atom. The average Bonchev–Trinajstić information content (AvgIpc) is 3.10. The van der Waals surface area contributed by atoms with Gasteiger partial charge in [0.1, 0.15) is 5.82 Å². The summed E-state index contributed by atoms with van der Waals surface area (Å²) in [6, 6.07) is 7.25. The van der Waals surface area contributed by atoms with E-state index in [9.17, 15) is 4.39 Å². The van der Waals surface area contributed by atoms with Crippen molar-refractivity contribution in [3.8, 4) is 0 Å². The highest BCUT2D eigenvalue weighted by Crippen LogP contribution is 2.40.